The van der Waals surface area contributed by atoms with Crippen LogP contribution in [0.15, 0.2) is 54.6 Å². The number of hydrogen-bond acceptors (Lipinski definition) is 3. The average molecular weight is 418 g/mol. The maximum Gasteiger partial charge on any atom is 0.269 e. The summed E-state index contributed by atoms with van der Waals surface area (Å²) in [6.45, 7) is 0. The van der Waals surface area contributed by atoms with Crippen molar-refractivity contribution in [1.29, 1.82) is 0 Å². The summed E-state index contributed by atoms with van der Waals surface area (Å²) in [5.74, 6) is 0.785. The van der Waals surface area contributed by atoms with Crippen LogP contribution in [0.5, 0.6) is 0 Å². The minimum atomic E-state index is -0.326. The zero-order chi connectivity index (χ0) is 16.0. The molecule has 4 rings (SSSR count). The van der Waals surface area contributed by atoms with Gasteiger partial charge in [0.25, 0.3) is 5.69 Å². The fraction of sp³-hybridized carbons (Fsp3) is 0.222. The Balaban J connectivity index is 1.78. The first-order chi connectivity index (χ1) is 11.1. The number of nitrogens with one attached hydrogen (secondary N) is 1. The van der Waals surface area contributed by atoms with E-state index in [4.69, 9.17) is 0 Å². The van der Waals surface area contributed by atoms with Crippen molar-refractivity contribution < 1.29 is 4.92 Å². The van der Waals surface area contributed by atoms with E-state index in [0.717, 1.165) is 17.7 Å². The fourth-order valence-corrected chi connectivity index (χ4v) is 4.24. The lowest BCUT2D eigenvalue weighted by atomic mass is 9.77. The molecule has 3 atom stereocenters. The number of nitro groups is 1. The molecule has 0 aromatic heterocycles. The van der Waals surface area contributed by atoms with Crippen LogP contribution in [0, 0.1) is 19.6 Å². The molecular formula is C18H15IN2O2. The van der Waals surface area contributed by atoms with Gasteiger partial charge < -0.3 is 5.32 Å². The van der Waals surface area contributed by atoms with Gasteiger partial charge in [-0.3, -0.25) is 10.1 Å². The van der Waals surface area contributed by atoms with Gasteiger partial charge in [0.1, 0.15) is 0 Å². The molecule has 0 amide bonds. The van der Waals surface area contributed by atoms with E-state index in [1.807, 2.05) is 6.07 Å². The van der Waals surface area contributed by atoms with E-state index < -0.39 is 0 Å². The molecule has 2 aromatic carbocycles. The van der Waals surface area contributed by atoms with Gasteiger partial charge >= 0.3 is 0 Å². The van der Waals surface area contributed by atoms with Gasteiger partial charge in [-0.2, -0.15) is 0 Å². The molecule has 0 radical (unpaired) electrons. The summed E-state index contributed by atoms with van der Waals surface area (Å²) in [5, 5.41) is 14.7. The smallest absolute Gasteiger partial charge is 0.269 e. The zero-order valence-corrected chi connectivity index (χ0v) is 14.4. The molecular weight excluding hydrogens is 403 g/mol. The van der Waals surface area contributed by atoms with Gasteiger partial charge in [0.2, 0.25) is 0 Å². The molecule has 1 N–H and O–H groups in total. The molecule has 0 bridgehead atoms. The Kier molecular flexibility index (Phi) is 3.60. The molecule has 0 saturated carbocycles. The molecule has 2 aliphatic rings. The van der Waals surface area contributed by atoms with Crippen LogP contribution in [0.2, 0.25) is 0 Å². The van der Waals surface area contributed by atoms with E-state index >= 15 is 0 Å². The molecule has 3 unspecified atom stereocenters. The highest BCUT2D eigenvalue weighted by molar-refractivity contribution is 14.1. The van der Waals surface area contributed by atoms with Crippen LogP contribution in [0.3, 0.4) is 0 Å². The van der Waals surface area contributed by atoms with Gasteiger partial charge in [-0.25, -0.2) is 0 Å². The molecule has 5 heteroatoms. The van der Waals surface area contributed by atoms with Gasteiger partial charge in [-0.15, -0.1) is 0 Å². The fourth-order valence-electron chi connectivity index (χ4n) is 3.73. The van der Waals surface area contributed by atoms with Crippen LogP contribution in [0.25, 0.3) is 0 Å². The lowest BCUT2D eigenvalue weighted by molar-refractivity contribution is -0.384. The number of nitro benzene ring substituents is 1. The summed E-state index contributed by atoms with van der Waals surface area (Å²) >= 11 is 2.34. The third kappa shape index (κ3) is 2.52. The molecule has 0 spiro atoms. The quantitative estimate of drug-likeness (QED) is 0.322. The molecule has 4 nitrogen and oxygen atoms in total. The van der Waals surface area contributed by atoms with Crippen LogP contribution in [0.1, 0.15) is 29.5 Å². The van der Waals surface area contributed by atoms with Crippen molar-refractivity contribution in [2.24, 2.45) is 5.92 Å². The van der Waals surface area contributed by atoms with Gasteiger partial charge in [0, 0.05) is 27.3 Å². The topological polar surface area (TPSA) is 55.2 Å². The largest absolute Gasteiger partial charge is 0.378 e. The summed E-state index contributed by atoms with van der Waals surface area (Å²) in [6, 6.07) is 13.5. The van der Waals surface area contributed by atoms with Crippen LogP contribution < -0.4 is 5.32 Å². The van der Waals surface area contributed by atoms with Crippen LogP contribution >= 0.6 is 22.6 Å². The van der Waals surface area contributed by atoms with Crippen molar-refractivity contribution in [3.05, 3.63) is 79.4 Å². The highest BCUT2D eigenvalue weighted by Gasteiger charge is 2.38. The number of benzene rings is 2. The van der Waals surface area contributed by atoms with E-state index in [2.05, 4.69) is 58.3 Å². The Morgan fingerprint density at radius 2 is 2.09 bits per heavy atom. The molecule has 23 heavy (non-hydrogen) atoms. The SMILES string of the molecule is O=[N+]([O-])c1cccc(C2Nc3ccc(I)cc3C3C=CCC32)c1. The van der Waals surface area contributed by atoms with Crippen molar-refractivity contribution >= 4 is 34.0 Å². The second-order valence-electron chi connectivity index (χ2n) is 6.06. The first-order valence-electron chi connectivity index (χ1n) is 7.60. The van der Waals surface area contributed by atoms with Gasteiger partial charge in [-0.1, -0.05) is 24.3 Å². The first-order valence-corrected chi connectivity index (χ1v) is 8.68. The monoisotopic (exact) mass is 418 g/mol. The number of halogens is 1. The van der Waals surface area contributed by atoms with Crippen molar-refractivity contribution in [3.8, 4) is 0 Å². The minimum Gasteiger partial charge on any atom is -0.378 e. The summed E-state index contributed by atoms with van der Waals surface area (Å²) in [5.41, 5.74) is 3.61. The Hall–Kier alpha value is -1.89. The Bertz CT molecular complexity index is 818. The lowest BCUT2D eigenvalue weighted by Crippen LogP contribution is -2.29. The van der Waals surface area contributed by atoms with E-state index in [1.54, 1.807) is 18.2 Å². The second kappa shape index (κ2) is 5.63. The molecule has 1 aliphatic carbocycles. The van der Waals surface area contributed by atoms with Gasteiger partial charge in [0.05, 0.1) is 11.0 Å². The van der Waals surface area contributed by atoms with Crippen molar-refractivity contribution in [2.75, 3.05) is 5.32 Å². The zero-order valence-electron chi connectivity index (χ0n) is 12.3. The molecule has 1 heterocycles. The second-order valence-corrected chi connectivity index (χ2v) is 7.30. The molecule has 0 saturated heterocycles. The van der Waals surface area contributed by atoms with Crippen molar-refractivity contribution in [3.63, 3.8) is 0 Å². The number of fused-ring (bicyclic) bond motifs is 3. The summed E-state index contributed by atoms with van der Waals surface area (Å²) in [7, 11) is 0. The standard InChI is InChI=1S/C18H15IN2O2/c19-12-7-8-17-16(10-12)14-5-2-6-15(14)18(20-17)11-3-1-4-13(9-11)21(22)23/h1-5,7-10,14-15,18,20H,6H2. The predicted octanol–water partition coefficient (Wildman–Crippen LogP) is 5.03. The Morgan fingerprint density at radius 3 is 2.91 bits per heavy atom. The molecule has 116 valence electrons. The van der Waals surface area contributed by atoms with E-state index in [9.17, 15) is 10.1 Å². The maximum absolute atomic E-state index is 11.1. The molecule has 1 aliphatic heterocycles. The van der Waals surface area contributed by atoms with Crippen LogP contribution in [-0.2, 0) is 0 Å². The van der Waals surface area contributed by atoms with Gasteiger partial charge in [0.15, 0.2) is 0 Å². The number of rotatable bonds is 2. The third-order valence-electron chi connectivity index (χ3n) is 4.76. The maximum atomic E-state index is 11.1. The molecule has 2 aromatic rings. The number of allylic oxidation sites excluding steroid dienone is 2. The average Bonchev–Trinajstić information content (AvgIpc) is 3.04. The van der Waals surface area contributed by atoms with E-state index in [-0.39, 0.29) is 16.7 Å². The summed E-state index contributed by atoms with van der Waals surface area (Å²) < 4.78 is 1.23. The third-order valence-corrected chi connectivity index (χ3v) is 5.44. The number of non-ortho nitro benzene ring substituents is 1. The first kappa shape index (κ1) is 14.7. The lowest BCUT2D eigenvalue weighted by Gasteiger charge is -2.37. The van der Waals surface area contributed by atoms with Crippen LogP contribution in [-0.4, -0.2) is 4.92 Å². The van der Waals surface area contributed by atoms with E-state index in [0.29, 0.717) is 11.8 Å². The van der Waals surface area contributed by atoms with Crippen molar-refractivity contribution in [2.45, 2.75) is 18.4 Å². The number of anilines is 1. The van der Waals surface area contributed by atoms with Gasteiger partial charge in [-0.05, 0) is 64.3 Å². The highest BCUT2D eigenvalue weighted by Crippen LogP contribution is 2.50. The van der Waals surface area contributed by atoms with Crippen molar-refractivity contribution in [1.82, 2.24) is 0 Å². The Morgan fingerprint density at radius 1 is 1.22 bits per heavy atom. The van der Waals surface area contributed by atoms with Crippen LogP contribution in [0.4, 0.5) is 11.4 Å². The highest BCUT2D eigenvalue weighted by atomic mass is 127. The molecule has 0 fully saturated rings. The predicted molar refractivity (Wildman–Crippen MR) is 98.6 cm³/mol. The number of hydrogen-bond donors (Lipinski definition) is 1. The Labute approximate surface area is 147 Å². The summed E-state index contributed by atoms with van der Waals surface area (Å²) in [4.78, 5) is 10.7. The number of nitrogens with zero attached hydrogens (tertiary/aromatic N) is 1. The van der Waals surface area contributed by atoms with E-state index in [1.165, 1.54) is 9.13 Å². The normalized spacial score (nSPS) is 24.7. The summed E-state index contributed by atoms with van der Waals surface area (Å²) in [6.07, 6.45) is 5.51. The minimum absolute atomic E-state index is 0.0995.